The fraction of sp³-hybridized carbons (Fsp3) is 0.889. The molecule has 0 aromatic carbocycles. The topological polar surface area (TPSA) is 70.2 Å². The maximum absolute atomic E-state index is 12.1. The predicted molar refractivity (Wildman–Crippen MR) is 97.2 cm³/mol. The van der Waals surface area contributed by atoms with E-state index in [0.717, 1.165) is 25.7 Å². The minimum Gasteiger partial charge on any atom is -0.356 e. The van der Waals surface area contributed by atoms with Crippen LogP contribution in [0.2, 0.25) is 0 Å². The lowest BCUT2D eigenvalue weighted by molar-refractivity contribution is -0.123. The molecule has 2 atom stereocenters. The van der Waals surface area contributed by atoms with Crippen LogP contribution < -0.4 is 16.0 Å². The smallest absolute Gasteiger partial charge is 0.221 e. The number of rotatable bonds is 6. The Hall–Kier alpha value is -0.810. The van der Waals surface area contributed by atoms with E-state index in [1.807, 2.05) is 0 Å². The molecule has 0 aromatic heterocycles. The van der Waals surface area contributed by atoms with Crippen LogP contribution in [0.1, 0.15) is 70.6 Å². The minimum absolute atomic E-state index is 0. The summed E-state index contributed by atoms with van der Waals surface area (Å²) >= 11 is 0. The van der Waals surface area contributed by atoms with Gasteiger partial charge in [0, 0.05) is 37.5 Å². The summed E-state index contributed by atoms with van der Waals surface area (Å²) in [4.78, 5) is 24.0. The number of amides is 2. The number of hydrogen-bond acceptors (Lipinski definition) is 3. The van der Waals surface area contributed by atoms with E-state index in [9.17, 15) is 9.59 Å². The molecule has 0 aromatic rings. The molecule has 24 heavy (non-hydrogen) atoms. The molecule has 2 saturated heterocycles. The van der Waals surface area contributed by atoms with Crippen molar-refractivity contribution in [3.8, 4) is 0 Å². The largest absolute Gasteiger partial charge is 0.356 e. The number of piperidine rings is 1. The van der Waals surface area contributed by atoms with Crippen LogP contribution in [0.25, 0.3) is 0 Å². The van der Waals surface area contributed by atoms with Gasteiger partial charge in [0.15, 0.2) is 0 Å². The Morgan fingerprint density at radius 3 is 2.25 bits per heavy atom. The van der Waals surface area contributed by atoms with E-state index in [1.165, 1.54) is 32.1 Å². The van der Waals surface area contributed by atoms with Crippen molar-refractivity contribution in [2.75, 3.05) is 6.54 Å². The fourth-order valence-electron chi connectivity index (χ4n) is 4.54. The summed E-state index contributed by atoms with van der Waals surface area (Å²) in [5.41, 5.74) is 0. The van der Waals surface area contributed by atoms with Crippen molar-refractivity contribution in [1.29, 1.82) is 0 Å². The van der Waals surface area contributed by atoms with Gasteiger partial charge in [0.05, 0.1) is 0 Å². The van der Waals surface area contributed by atoms with Gasteiger partial charge in [-0.1, -0.05) is 19.3 Å². The third kappa shape index (κ3) is 5.92. The molecule has 3 aliphatic rings. The molecular weight excluding hydrogens is 326 g/mol. The maximum atomic E-state index is 12.1. The lowest BCUT2D eigenvalue weighted by Gasteiger charge is -2.28. The molecule has 138 valence electrons. The van der Waals surface area contributed by atoms with E-state index in [0.29, 0.717) is 43.4 Å². The van der Waals surface area contributed by atoms with E-state index < -0.39 is 0 Å². The van der Waals surface area contributed by atoms with Crippen molar-refractivity contribution in [1.82, 2.24) is 16.0 Å². The fourth-order valence-corrected chi connectivity index (χ4v) is 4.54. The first-order chi connectivity index (χ1) is 11.2. The number of carbonyl (C=O) groups is 2. The van der Waals surface area contributed by atoms with Crippen LogP contribution in [0.15, 0.2) is 0 Å². The summed E-state index contributed by atoms with van der Waals surface area (Å²) < 4.78 is 0. The highest BCUT2D eigenvalue weighted by Gasteiger charge is 2.34. The van der Waals surface area contributed by atoms with E-state index >= 15 is 0 Å². The molecular formula is C18H32ClN3O2. The average Bonchev–Trinajstić information content (AvgIpc) is 2.87. The van der Waals surface area contributed by atoms with Gasteiger partial charge in [0.25, 0.3) is 0 Å². The van der Waals surface area contributed by atoms with Gasteiger partial charge >= 0.3 is 0 Å². The van der Waals surface area contributed by atoms with Crippen LogP contribution in [0.5, 0.6) is 0 Å². The summed E-state index contributed by atoms with van der Waals surface area (Å²) in [7, 11) is 0. The molecule has 0 radical (unpaired) electrons. The highest BCUT2D eigenvalue weighted by Crippen LogP contribution is 2.32. The van der Waals surface area contributed by atoms with E-state index in [1.54, 1.807) is 0 Å². The maximum Gasteiger partial charge on any atom is 0.221 e. The van der Waals surface area contributed by atoms with Crippen molar-refractivity contribution in [3.63, 3.8) is 0 Å². The monoisotopic (exact) mass is 357 g/mol. The Balaban J connectivity index is 0.00000208. The molecule has 1 aliphatic carbocycles. The second kappa shape index (κ2) is 9.62. The van der Waals surface area contributed by atoms with Crippen molar-refractivity contribution < 1.29 is 9.59 Å². The first-order valence-electron chi connectivity index (χ1n) is 9.51. The second-order valence-corrected chi connectivity index (χ2v) is 7.68. The Morgan fingerprint density at radius 2 is 1.58 bits per heavy atom. The molecule has 5 nitrogen and oxygen atoms in total. The Labute approximate surface area is 151 Å². The van der Waals surface area contributed by atoms with Crippen molar-refractivity contribution in [2.45, 2.75) is 88.8 Å². The number of nitrogens with one attached hydrogen (secondary N) is 3. The van der Waals surface area contributed by atoms with E-state index in [2.05, 4.69) is 16.0 Å². The van der Waals surface area contributed by atoms with Gasteiger partial charge in [-0.2, -0.15) is 0 Å². The number of carbonyl (C=O) groups excluding carboxylic acids is 2. The van der Waals surface area contributed by atoms with Crippen LogP contribution >= 0.6 is 12.4 Å². The van der Waals surface area contributed by atoms with Gasteiger partial charge in [-0.3, -0.25) is 9.59 Å². The Bertz CT molecular complexity index is 414. The Morgan fingerprint density at radius 1 is 0.917 bits per heavy atom. The first-order valence-corrected chi connectivity index (χ1v) is 9.51. The van der Waals surface area contributed by atoms with Crippen LogP contribution in [-0.4, -0.2) is 36.5 Å². The van der Waals surface area contributed by atoms with Crippen molar-refractivity contribution >= 4 is 24.2 Å². The highest BCUT2D eigenvalue weighted by molar-refractivity contribution is 5.85. The molecule has 3 rings (SSSR count). The first kappa shape index (κ1) is 19.5. The molecule has 2 heterocycles. The lowest BCUT2D eigenvalue weighted by Crippen LogP contribution is -2.40. The van der Waals surface area contributed by atoms with Gasteiger partial charge in [0.2, 0.25) is 11.8 Å². The molecule has 3 fully saturated rings. The lowest BCUT2D eigenvalue weighted by atomic mass is 9.89. The predicted octanol–water partition coefficient (Wildman–Crippen LogP) is 2.28. The molecule has 1 saturated carbocycles. The third-order valence-corrected chi connectivity index (χ3v) is 5.69. The molecule has 3 N–H and O–H groups in total. The summed E-state index contributed by atoms with van der Waals surface area (Å²) in [5, 5.41) is 9.63. The zero-order valence-corrected chi connectivity index (χ0v) is 15.3. The van der Waals surface area contributed by atoms with Gasteiger partial charge < -0.3 is 16.0 Å². The van der Waals surface area contributed by atoms with Gasteiger partial charge in [-0.25, -0.2) is 0 Å². The summed E-state index contributed by atoms with van der Waals surface area (Å²) in [6.07, 6.45) is 11.8. The number of halogens is 1. The molecule has 2 unspecified atom stereocenters. The van der Waals surface area contributed by atoms with Crippen LogP contribution in [0.4, 0.5) is 0 Å². The molecule has 2 bridgehead atoms. The van der Waals surface area contributed by atoms with Gasteiger partial charge in [-0.15, -0.1) is 12.4 Å². The van der Waals surface area contributed by atoms with Crippen molar-refractivity contribution in [2.24, 2.45) is 5.92 Å². The summed E-state index contributed by atoms with van der Waals surface area (Å²) in [6.45, 7) is 0.467. The molecule has 6 heteroatoms. The van der Waals surface area contributed by atoms with Crippen LogP contribution in [0, 0.1) is 5.92 Å². The molecule has 0 spiro atoms. The normalized spacial score (nSPS) is 29.6. The zero-order chi connectivity index (χ0) is 16.1. The average molecular weight is 358 g/mol. The van der Waals surface area contributed by atoms with E-state index in [-0.39, 0.29) is 24.2 Å². The van der Waals surface area contributed by atoms with Gasteiger partial charge in [0.1, 0.15) is 0 Å². The number of hydrogen-bond donors (Lipinski definition) is 3. The molecule has 2 amide bonds. The number of fused-ring (bicyclic) bond motifs is 2. The summed E-state index contributed by atoms with van der Waals surface area (Å²) in [5.74, 6) is 0.712. The SMILES string of the molecule is Cl.O=C(CC1CC2CCC(C1)N2)NCCC(=O)NC1CCCCC1. The second-order valence-electron chi connectivity index (χ2n) is 7.68. The zero-order valence-electron chi connectivity index (χ0n) is 14.5. The standard InChI is InChI=1S/C18H31N3O2.ClH/c22-17(21-14-4-2-1-3-5-14)8-9-19-18(23)12-13-10-15-6-7-16(11-13)20-15;/h13-16,20H,1-12H2,(H,19,23)(H,21,22);1H. The molecule has 2 aliphatic heterocycles. The Kier molecular flexibility index (Phi) is 7.82. The van der Waals surface area contributed by atoms with Crippen LogP contribution in [-0.2, 0) is 9.59 Å². The van der Waals surface area contributed by atoms with E-state index in [4.69, 9.17) is 0 Å². The quantitative estimate of drug-likeness (QED) is 0.683. The van der Waals surface area contributed by atoms with Gasteiger partial charge in [-0.05, 0) is 44.4 Å². The summed E-state index contributed by atoms with van der Waals surface area (Å²) in [6, 6.07) is 1.62. The van der Waals surface area contributed by atoms with Crippen LogP contribution in [0.3, 0.4) is 0 Å². The minimum atomic E-state index is 0. The highest BCUT2D eigenvalue weighted by atomic mass is 35.5. The van der Waals surface area contributed by atoms with Crippen molar-refractivity contribution in [3.05, 3.63) is 0 Å². The third-order valence-electron chi connectivity index (χ3n) is 5.69.